The van der Waals surface area contributed by atoms with Crippen LogP contribution in [0, 0.1) is 10.1 Å². The molecule has 0 bridgehead atoms. The lowest BCUT2D eigenvalue weighted by molar-refractivity contribution is -0.384. The Morgan fingerprint density at radius 3 is 2.58 bits per heavy atom. The number of alkyl halides is 3. The Bertz CT molecular complexity index is 1450. The van der Waals surface area contributed by atoms with Crippen molar-refractivity contribution < 1.29 is 27.3 Å². The highest BCUT2D eigenvalue weighted by molar-refractivity contribution is 5.90. The summed E-state index contributed by atoms with van der Waals surface area (Å²) in [5.74, 6) is 0.294. The predicted molar refractivity (Wildman–Crippen MR) is 125 cm³/mol. The monoisotopic (exact) mass is 496 g/mol. The van der Waals surface area contributed by atoms with Crippen LogP contribution in [0.1, 0.15) is 30.3 Å². The summed E-state index contributed by atoms with van der Waals surface area (Å²) < 4.78 is 46.3. The van der Waals surface area contributed by atoms with Crippen LogP contribution >= 0.6 is 0 Å². The molecule has 2 amide bonds. The second-order valence-corrected chi connectivity index (χ2v) is 8.36. The summed E-state index contributed by atoms with van der Waals surface area (Å²) in [6, 6.07) is 14.6. The van der Waals surface area contributed by atoms with Crippen molar-refractivity contribution in [3.8, 4) is 11.1 Å². The minimum atomic E-state index is -4.50. The van der Waals surface area contributed by atoms with E-state index in [1.807, 2.05) is 0 Å². The maximum atomic E-state index is 13.5. The summed E-state index contributed by atoms with van der Waals surface area (Å²) in [5.41, 5.74) is 0.773. The van der Waals surface area contributed by atoms with Gasteiger partial charge in [-0.25, -0.2) is 9.78 Å². The quantitative estimate of drug-likeness (QED) is 0.248. The summed E-state index contributed by atoms with van der Waals surface area (Å²) in [5, 5.41) is 13.5. The van der Waals surface area contributed by atoms with Crippen LogP contribution < -0.4 is 5.32 Å². The lowest BCUT2D eigenvalue weighted by atomic mass is 9.99. The number of oxazole rings is 1. The summed E-state index contributed by atoms with van der Waals surface area (Å²) in [7, 11) is 0. The number of nitrogens with one attached hydrogen (secondary N) is 1. The van der Waals surface area contributed by atoms with E-state index in [0.29, 0.717) is 47.6 Å². The Balaban J connectivity index is 1.39. The number of carbonyl (C=O) groups is 1. The number of benzene rings is 3. The van der Waals surface area contributed by atoms with E-state index in [2.05, 4.69) is 10.3 Å². The molecule has 0 spiro atoms. The lowest BCUT2D eigenvalue weighted by Gasteiger charge is -2.22. The molecule has 0 saturated carbocycles. The number of hydrogen-bond donors (Lipinski definition) is 1. The van der Waals surface area contributed by atoms with Gasteiger partial charge in [-0.15, -0.1) is 0 Å². The highest BCUT2D eigenvalue weighted by Gasteiger charge is 2.35. The van der Waals surface area contributed by atoms with Crippen LogP contribution in [-0.2, 0) is 6.18 Å². The molecule has 1 aromatic heterocycles. The first-order valence-electron chi connectivity index (χ1n) is 11.1. The molecule has 1 aliphatic rings. The number of aromatic nitrogens is 1. The van der Waals surface area contributed by atoms with Gasteiger partial charge in [0.15, 0.2) is 5.58 Å². The van der Waals surface area contributed by atoms with E-state index < -0.39 is 28.7 Å². The third-order valence-electron chi connectivity index (χ3n) is 6.08. The number of carbonyl (C=O) groups excluding carboxylic acids is 1. The van der Waals surface area contributed by atoms with Gasteiger partial charge in [-0.3, -0.25) is 10.1 Å². The maximum Gasteiger partial charge on any atom is 0.417 e. The molecule has 1 saturated heterocycles. The van der Waals surface area contributed by atoms with E-state index in [1.54, 1.807) is 29.2 Å². The third kappa shape index (κ3) is 4.47. The van der Waals surface area contributed by atoms with Crippen LogP contribution in [0.5, 0.6) is 0 Å². The lowest BCUT2D eigenvalue weighted by Crippen LogP contribution is -2.34. The number of rotatable bonds is 4. The fraction of sp³-hybridized carbons (Fsp3) is 0.200. The number of amides is 2. The van der Waals surface area contributed by atoms with Crippen molar-refractivity contribution in [2.24, 2.45) is 0 Å². The number of nitro benzene ring substituents is 1. The molecule has 0 aliphatic carbocycles. The molecule has 11 heteroatoms. The Morgan fingerprint density at radius 1 is 1.11 bits per heavy atom. The highest BCUT2D eigenvalue weighted by atomic mass is 19.4. The van der Waals surface area contributed by atoms with E-state index >= 15 is 0 Å². The number of halogens is 3. The van der Waals surface area contributed by atoms with Crippen molar-refractivity contribution in [3.05, 3.63) is 88.3 Å². The molecule has 1 fully saturated rings. The number of urea groups is 1. The molecule has 4 aromatic rings. The molecule has 2 heterocycles. The molecular weight excluding hydrogens is 477 g/mol. The van der Waals surface area contributed by atoms with Crippen LogP contribution in [0.4, 0.5) is 29.3 Å². The fourth-order valence-corrected chi connectivity index (χ4v) is 4.37. The SMILES string of the molecule is O=C(Nc1ccc([N+](=O)[O-])cc1)N1CCC[C@H]1c1nc2cc(-c3ccccc3C(F)(F)F)ccc2o1. The summed E-state index contributed by atoms with van der Waals surface area (Å²) in [6.07, 6.45) is -3.19. The number of nitro groups is 1. The highest BCUT2D eigenvalue weighted by Crippen LogP contribution is 2.39. The molecule has 5 rings (SSSR count). The van der Waals surface area contributed by atoms with Gasteiger partial charge in [0.25, 0.3) is 5.69 Å². The zero-order valence-electron chi connectivity index (χ0n) is 18.7. The first kappa shape index (κ1) is 23.3. The normalized spacial score (nSPS) is 15.9. The predicted octanol–water partition coefficient (Wildman–Crippen LogP) is 6.79. The van der Waals surface area contributed by atoms with Gasteiger partial charge in [0.1, 0.15) is 11.6 Å². The Labute approximate surface area is 202 Å². The van der Waals surface area contributed by atoms with Crippen molar-refractivity contribution in [2.45, 2.75) is 25.1 Å². The van der Waals surface area contributed by atoms with Gasteiger partial charge in [0.2, 0.25) is 5.89 Å². The first-order valence-corrected chi connectivity index (χ1v) is 11.1. The minimum absolute atomic E-state index is 0.0430. The first-order chi connectivity index (χ1) is 17.2. The van der Waals surface area contributed by atoms with Crippen LogP contribution in [0.2, 0.25) is 0 Å². The topological polar surface area (TPSA) is 102 Å². The Hall–Kier alpha value is -4.41. The van der Waals surface area contributed by atoms with Crippen molar-refractivity contribution in [2.75, 3.05) is 11.9 Å². The molecule has 1 N–H and O–H groups in total. The van der Waals surface area contributed by atoms with Crippen molar-refractivity contribution in [3.63, 3.8) is 0 Å². The van der Waals surface area contributed by atoms with Crippen LogP contribution in [0.3, 0.4) is 0 Å². The third-order valence-corrected chi connectivity index (χ3v) is 6.08. The van der Waals surface area contributed by atoms with Gasteiger partial charge in [-0.2, -0.15) is 13.2 Å². The molecular formula is C25H19F3N4O4. The smallest absolute Gasteiger partial charge is 0.417 e. The van der Waals surface area contributed by atoms with Crippen molar-refractivity contribution in [1.29, 1.82) is 0 Å². The van der Waals surface area contributed by atoms with E-state index in [9.17, 15) is 28.1 Å². The minimum Gasteiger partial charge on any atom is -0.438 e. The maximum absolute atomic E-state index is 13.5. The average Bonchev–Trinajstić information content (AvgIpc) is 3.50. The van der Waals surface area contributed by atoms with Gasteiger partial charge < -0.3 is 14.6 Å². The van der Waals surface area contributed by atoms with Crippen molar-refractivity contribution in [1.82, 2.24) is 9.88 Å². The molecule has 3 aromatic carbocycles. The second kappa shape index (κ2) is 8.99. The molecule has 36 heavy (non-hydrogen) atoms. The standard InChI is InChI=1S/C25H19F3N4O4/c26-25(27,28)19-5-2-1-4-18(19)15-7-12-22-20(14-15)30-23(36-22)21-6-3-13-31(21)24(33)29-16-8-10-17(11-9-16)32(34)35/h1-2,4-5,7-12,14,21H,3,6,13H2,(H,29,33)/t21-/m0/s1. The number of fused-ring (bicyclic) bond motifs is 1. The zero-order chi connectivity index (χ0) is 25.4. The molecule has 8 nitrogen and oxygen atoms in total. The molecule has 1 atom stereocenters. The molecule has 0 radical (unpaired) electrons. The summed E-state index contributed by atoms with van der Waals surface area (Å²) in [6.45, 7) is 0.451. The van der Waals surface area contributed by atoms with Gasteiger partial charge in [0.05, 0.1) is 10.5 Å². The number of nitrogens with zero attached hydrogens (tertiary/aromatic N) is 3. The van der Waals surface area contributed by atoms with E-state index in [0.717, 1.165) is 6.07 Å². The number of hydrogen-bond acceptors (Lipinski definition) is 5. The summed E-state index contributed by atoms with van der Waals surface area (Å²) >= 11 is 0. The van der Waals surface area contributed by atoms with Crippen LogP contribution in [-0.4, -0.2) is 27.4 Å². The van der Waals surface area contributed by atoms with E-state index in [4.69, 9.17) is 4.42 Å². The fourth-order valence-electron chi connectivity index (χ4n) is 4.37. The van der Waals surface area contributed by atoms with Gasteiger partial charge >= 0.3 is 12.2 Å². The number of likely N-dealkylation sites (tertiary alicyclic amines) is 1. The van der Waals surface area contributed by atoms with Crippen LogP contribution in [0.25, 0.3) is 22.2 Å². The number of non-ortho nitro benzene ring substituents is 1. The van der Waals surface area contributed by atoms with Gasteiger partial charge in [-0.05, 0) is 54.3 Å². The largest absolute Gasteiger partial charge is 0.438 e. The molecule has 0 unspecified atom stereocenters. The molecule has 1 aliphatic heterocycles. The van der Waals surface area contributed by atoms with Gasteiger partial charge in [0, 0.05) is 24.4 Å². The summed E-state index contributed by atoms with van der Waals surface area (Å²) in [4.78, 5) is 29.3. The Kier molecular flexibility index (Phi) is 5.83. The Morgan fingerprint density at radius 2 is 1.86 bits per heavy atom. The van der Waals surface area contributed by atoms with E-state index in [1.165, 1.54) is 36.4 Å². The van der Waals surface area contributed by atoms with Crippen LogP contribution in [0.15, 0.2) is 71.1 Å². The molecule has 184 valence electrons. The zero-order valence-corrected chi connectivity index (χ0v) is 18.7. The van der Waals surface area contributed by atoms with Crippen molar-refractivity contribution >= 4 is 28.5 Å². The van der Waals surface area contributed by atoms with Gasteiger partial charge in [-0.1, -0.05) is 24.3 Å². The number of anilines is 1. The second-order valence-electron chi connectivity index (χ2n) is 8.36. The van der Waals surface area contributed by atoms with E-state index in [-0.39, 0.29) is 11.3 Å². The average molecular weight is 496 g/mol.